The molecule has 164 valence electrons. The molecule has 2 aliphatic rings. The largest absolute Gasteiger partial charge is 0.341 e. The summed E-state index contributed by atoms with van der Waals surface area (Å²) in [4.78, 5) is 37.5. The number of urea groups is 1. The first-order valence-corrected chi connectivity index (χ1v) is 11.9. The second-order valence-corrected chi connectivity index (χ2v) is 9.02. The molecule has 9 heteroatoms. The summed E-state index contributed by atoms with van der Waals surface area (Å²) in [6.07, 6.45) is 5.76. The summed E-state index contributed by atoms with van der Waals surface area (Å²) in [5, 5.41) is 5.94. The van der Waals surface area contributed by atoms with Crippen LogP contribution in [0.5, 0.6) is 0 Å². The predicted octanol–water partition coefficient (Wildman–Crippen LogP) is 2.38. The molecule has 1 aromatic heterocycles. The van der Waals surface area contributed by atoms with Crippen LogP contribution >= 0.6 is 11.8 Å². The zero-order chi connectivity index (χ0) is 21.5. The quantitative estimate of drug-likeness (QED) is 0.742. The van der Waals surface area contributed by atoms with Gasteiger partial charge in [-0.25, -0.2) is 14.8 Å². The fraction of sp³-hybridized carbons (Fsp3) is 0.455. The Balaban J connectivity index is 1.25. The molecule has 3 amide bonds. The van der Waals surface area contributed by atoms with Crippen molar-refractivity contribution in [1.29, 1.82) is 0 Å². The number of nitrogens with zero attached hydrogens (tertiary/aromatic N) is 4. The lowest BCUT2D eigenvalue weighted by molar-refractivity contribution is -0.130. The topological polar surface area (TPSA) is 90.5 Å². The number of aromatic nitrogens is 2. The second-order valence-electron chi connectivity index (χ2n) is 7.80. The Bertz CT molecular complexity index is 873. The Morgan fingerprint density at radius 3 is 2.55 bits per heavy atom. The number of amides is 3. The highest BCUT2D eigenvalue weighted by atomic mass is 32.2. The Morgan fingerprint density at radius 2 is 1.81 bits per heavy atom. The van der Waals surface area contributed by atoms with Gasteiger partial charge in [0, 0.05) is 61.8 Å². The van der Waals surface area contributed by atoms with Crippen molar-refractivity contribution in [3.8, 4) is 0 Å². The highest BCUT2D eigenvalue weighted by Gasteiger charge is 2.23. The van der Waals surface area contributed by atoms with E-state index in [0.717, 1.165) is 49.5 Å². The molecule has 1 unspecified atom stereocenters. The Morgan fingerprint density at radius 1 is 1.06 bits per heavy atom. The van der Waals surface area contributed by atoms with Crippen molar-refractivity contribution in [2.24, 2.45) is 0 Å². The van der Waals surface area contributed by atoms with Gasteiger partial charge in [-0.05, 0) is 36.6 Å². The number of thioether (sulfide) groups is 1. The molecule has 0 aliphatic carbocycles. The molecule has 0 bridgehead atoms. The molecule has 3 heterocycles. The third-order valence-electron chi connectivity index (χ3n) is 5.52. The van der Waals surface area contributed by atoms with Gasteiger partial charge in [0.05, 0.1) is 6.42 Å². The lowest BCUT2D eigenvalue weighted by Gasteiger charge is -2.33. The summed E-state index contributed by atoms with van der Waals surface area (Å²) in [5.74, 6) is 2.90. The Hall–Kier alpha value is -2.81. The molecule has 2 saturated heterocycles. The summed E-state index contributed by atoms with van der Waals surface area (Å²) in [6.45, 7) is 3.24. The first-order valence-electron chi connectivity index (χ1n) is 10.7. The lowest BCUT2D eigenvalue weighted by Crippen LogP contribution is -2.49. The SMILES string of the molecule is O=C(Nc1ccc(CC(=O)N2CCSCC2)cc1)NC1CCCN(c2ncccn2)C1. The number of hydrogen-bond donors (Lipinski definition) is 2. The van der Waals surface area contributed by atoms with E-state index in [1.165, 1.54) is 0 Å². The first kappa shape index (κ1) is 21.4. The highest BCUT2D eigenvalue weighted by molar-refractivity contribution is 7.99. The van der Waals surface area contributed by atoms with Gasteiger partial charge in [0.25, 0.3) is 0 Å². The summed E-state index contributed by atoms with van der Waals surface area (Å²) in [7, 11) is 0. The maximum atomic E-state index is 12.5. The van der Waals surface area contributed by atoms with Crippen LogP contribution in [0.2, 0.25) is 0 Å². The summed E-state index contributed by atoms with van der Waals surface area (Å²) in [6, 6.07) is 9.11. The fourth-order valence-corrected chi connectivity index (χ4v) is 4.79. The summed E-state index contributed by atoms with van der Waals surface area (Å²) < 4.78 is 0. The van der Waals surface area contributed by atoms with Crippen LogP contribution in [0.25, 0.3) is 0 Å². The third-order valence-corrected chi connectivity index (χ3v) is 6.47. The first-order chi connectivity index (χ1) is 15.2. The number of hydrogen-bond acceptors (Lipinski definition) is 6. The zero-order valence-electron chi connectivity index (χ0n) is 17.5. The minimum atomic E-state index is -0.226. The van der Waals surface area contributed by atoms with Gasteiger partial charge in [-0.3, -0.25) is 4.79 Å². The Labute approximate surface area is 186 Å². The van der Waals surface area contributed by atoms with E-state index in [1.807, 2.05) is 40.9 Å². The van der Waals surface area contributed by atoms with Gasteiger partial charge in [0.2, 0.25) is 11.9 Å². The third kappa shape index (κ3) is 6.10. The van der Waals surface area contributed by atoms with Crippen LogP contribution in [0.1, 0.15) is 18.4 Å². The van der Waals surface area contributed by atoms with Crippen molar-refractivity contribution < 1.29 is 9.59 Å². The van der Waals surface area contributed by atoms with Gasteiger partial charge < -0.3 is 20.4 Å². The van der Waals surface area contributed by atoms with E-state index < -0.39 is 0 Å². The van der Waals surface area contributed by atoms with Crippen molar-refractivity contribution in [1.82, 2.24) is 20.2 Å². The number of piperidine rings is 1. The van der Waals surface area contributed by atoms with Crippen LogP contribution in [0.15, 0.2) is 42.7 Å². The predicted molar refractivity (Wildman–Crippen MR) is 123 cm³/mol. The molecule has 8 nitrogen and oxygen atoms in total. The van der Waals surface area contributed by atoms with Gasteiger partial charge >= 0.3 is 6.03 Å². The van der Waals surface area contributed by atoms with Gasteiger partial charge in [-0.1, -0.05) is 12.1 Å². The smallest absolute Gasteiger partial charge is 0.319 e. The van der Waals surface area contributed by atoms with E-state index >= 15 is 0 Å². The highest BCUT2D eigenvalue weighted by Crippen LogP contribution is 2.16. The molecule has 2 aromatic rings. The minimum Gasteiger partial charge on any atom is -0.341 e. The van der Waals surface area contributed by atoms with Gasteiger partial charge in [0.1, 0.15) is 0 Å². The summed E-state index contributed by atoms with van der Waals surface area (Å²) in [5.41, 5.74) is 1.67. The maximum Gasteiger partial charge on any atom is 0.319 e. The molecule has 1 aromatic carbocycles. The van der Waals surface area contributed by atoms with Crippen LogP contribution in [-0.2, 0) is 11.2 Å². The number of nitrogens with one attached hydrogen (secondary N) is 2. The van der Waals surface area contributed by atoms with Crippen molar-refractivity contribution in [3.63, 3.8) is 0 Å². The van der Waals surface area contributed by atoms with Crippen molar-refractivity contribution in [3.05, 3.63) is 48.3 Å². The zero-order valence-corrected chi connectivity index (χ0v) is 18.3. The van der Waals surface area contributed by atoms with Crippen LogP contribution < -0.4 is 15.5 Å². The van der Waals surface area contributed by atoms with E-state index in [4.69, 9.17) is 0 Å². The van der Waals surface area contributed by atoms with Gasteiger partial charge in [-0.15, -0.1) is 0 Å². The molecule has 2 aliphatic heterocycles. The van der Waals surface area contributed by atoms with Gasteiger partial charge in [0.15, 0.2) is 0 Å². The minimum absolute atomic E-state index is 0.0390. The van der Waals surface area contributed by atoms with E-state index in [9.17, 15) is 9.59 Å². The summed E-state index contributed by atoms with van der Waals surface area (Å²) >= 11 is 1.89. The van der Waals surface area contributed by atoms with E-state index in [-0.39, 0.29) is 18.0 Å². The molecule has 0 spiro atoms. The van der Waals surface area contributed by atoms with Crippen molar-refractivity contribution in [2.45, 2.75) is 25.3 Å². The number of rotatable bonds is 5. The van der Waals surface area contributed by atoms with Crippen LogP contribution in [-0.4, -0.2) is 70.5 Å². The number of carbonyl (C=O) groups excluding carboxylic acids is 2. The molecule has 0 saturated carbocycles. The molecular formula is C22H28N6O2S. The molecule has 2 N–H and O–H groups in total. The molecule has 31 heavy (non-hydrogen) atoms. The number of anilines is 2. The van der Waals surface area contributed by atoms with Gasteiger partial charge in [-0.2, -0.15) is 11.8 Å². The monoisotopic (exact) mass is 440 g/mol. The molecule has 1 atom stereocenters. The molecule has 4 rings (SSSR count). The average molecular weight is 441 g/mol. The lowest BCUT2D eigenvalue weighted by atomic mass is 10.1. The molecule has 2 fully saturated rings. The van der Waals surface area contributed by atoms with Crippen LogP contribution in [0, 0.1) is 0 Å². The van der Waals surface area contributed by atoms with Crippen LogP contribution in [0.4, 0.5) is 16.4 Å². The number of benzene rings is 1. The van der Waals surface area contributed by atoms with Crippen LogP contribution in [0.3, 0.4) is 0 Å². The Kier molecular flexibility index (Phi) is 7.24. The molecule has 0 radical (unpaired) electrons. The van der Waals surface area contributed by atoms with E-state index in [1.54, 1.807) is 18.5 Å². The average Bonchev–Trinajstić information content (AvgIpc) is 2.81. The normalized spacial score (nSPS) is 19.0. The second kappa shape index (κ2) is 10.5. The van der Waals surface area contributed by atoms with Crippen molar-refractivity contribution >= 4 is 35.3 Å². The van der Waals surface area contributed by atoms with Crippen molar-refractivity contribution in [2.75, 3.05) is 47.9 Å². The molecular weight excluding hydrogens is 412 g/mol. The standard InChI is InChI=1S/C22H28N6O2S/c29-20(27-11-13-31-14-12-27)15-17-4-6-18(7-5-17)25-22(30)26-19-3-1-10-28(16-19)21-23-8-2-9-24-21/h2,4-9,19H,1,3,10-16H2,(H2,25,26,30). The fourth-order valence-electron chi connectivity index (χ4n) is 3.89. The van der Waals surface area contributed by atoms with E-state index in [0.29, 0.717) is 24.6 Å². The maximum absolute atomic E-state index is 12.5. The number of carbonyl (C=O) groups is 2. The van der Waals surface area contributed by atoms with E-state index in [2.05, 4.69) is 25.5 Å².